The first-order valence-corrected chi connectivity index (χ1v) is 7.23. The number of carbonyl (C=O) groups excluding carboxylic acids is 1. The summed E-state index contributed by atoms with van der Waals surface area (Å²) in [6.07, 6.45) is 4.41. The normalized spacial score (nSPS) is 17.6. The van der Waals surface area contributed by atoms with Gasteiger partial charge in [0.2, 0.25) is 5.91 Å². The number of aliphatic carboxylic acids is 1. The average molecular weight is 299 g/mol. The average Bonchev–Trinajstić information content (AvgIpc) is 3.20. The van der Waals surface area contributed by atoms with Gasteiger partial charge in [0.05, 0.1) is 18.0 Å². The molecule has 22 heavy (non-hydrogen) atoms. The molecule has 6 nitrogen and oxygen atoms in total. The molecule has 1 fully saturated rings. The summed E-state index contributed by atoms with van der Waals surface area (Å²) in [6, 6.07) is 9.49. The maximum absolute atomic E-state index is 12.2. The number of aromatic nitrogens is 2. The van der Waals surface area contributed by atoms with E-state index in [2.05, 4.69) is 5.10 Å². The van der Waals surface area contributed by atoms with E-state index in [1.807, 2.05) is 36.5 Å². The van der Waals surface area contributed by atoms with Crippen LogP contribution in [0.2, 0.25) is 0 Å². The number of amides is 1. The van der Waals surface area contributed by atoms with Crippen molar-refractivity contribution in [3.05, 3.63) is 48.3 Å². The fourth-order valence-corrected chi connectivity index (χ4v) is 2.66. The van der Waals surface area contributed by atoms with Gasteiger partial charge in [-0.1, -0.05) is 12.1 Å². The number of hydrogen-bond donors (Lipinski definition) is 1. The maximum atomic E-state index is 12.2. The van der Waals surface area contributed by atoms with Crippen LogP contribution in [0, 0.1) is 5.92 Å². The van der Waals surface area contributed by atoms with Gasteiger partial charge in [-0.3, -0.25) is 9.59 Å². The molecule has 1 N–H and O–H groups in total. The molecule has 1 aromatic heterocycles. The summed E-state index contributed by atoms with van der Waals surface area (Å²) >= 11 is 0. The number of carbonyl (C=O) groups is 2. The van der Waals surface area contributed by atoms with Crippen LogP contribution < -0.4 is 0 Å². The lowest BCUT2D eigenvalue weighted by Crippen LogP contribution is -2.31. The Labute approximate surface area is 128 Å². The monoisotopic (exact) mass is 299 g/mol. The highest BCUT2D eigenvalue weighted by Crippen LogP contribution is 2.18. The SMILES string of the molecule is O=C(O)C1CCN(C(=O)Cc2ccc(-n3cccn3)cc2)C1. The third-order valence-electron chi connectivity index (χ3n) is 3.95. The third kappa shape index (κ3) is 3.00. The summed E-state index contributed by atoms with van der Waals surface area (Å²) in [6.45, 7) is 0.848. The number of rotatable bonds is 4. The van der Waals surface area contributed by atoms with Gasteiger partial charge in [-0.25, -0.2) is 4.68 Å². The summed E-state index contributed by atoms with van der Waals surface area (Å²) in [5, 5.41) is 13.1. The first kappa shape index (κ1) is 14.3. The van der Waals surface area contributed by atoms with Gasteiger partial charge in [0.25, 0.3) is 0 Å². The molecule has 1 unspecified atom stereocenters. The molecule has 3 rings (SSSR count). The zero-order valence-electron chi connectivity index (χ0n) is 12.1. The largest absolute Gasteiger partial charge is 0.481 e. The van der Waals surface area contributed by atoms with Crippen molar-refractivity contribution in [2.45, 2.75) is 12.8 Å². The summed E-state index contributed by atoms with van der Waals surface area (Å²) in [5.41, 5.74) is 1.85. The number of hydrogen-bond acceptors (Lipinski definition) is 3. The van der Waals surface area contributed by atoms with Crippen LogP contribution >= 0.6 is 0 Å². The molecule has 0 spiro atoms. The predicted molar refractivity (Wildman–Crippen MR) is 79.6 cm³/mol. The zero-order valence-corrected chi connectivity index (χ0v) is 12.1. The smallest absolute Gasteiger partial charge is 0.308 e. The molecule has 1 atom stereocenters. The molecule has 1 aliphatic rings. The van der Waals surface area contributed by atoms with Gasteiger partial charge >= 0.3 is 5.97 Å². The van der Waals surface area contributed by atoms with Gasteiger partial charge < -0.3 is 10.0 Å². The second-order valence-corrected chi connectivity index (χ2v) is 5.46. The Kier molecular flexibility index (Phi) is 3.91. The lowest BCUT2D eigenvalue weighted by atomic mass is 10.1. The topological polar surface area (TPSA) is 75.4 Å². The van der Waals surface area contributed by atoms with Crippen LogP contribution in [0.15, 0.2) is 42.7 Å². The maximum Gasteiger partial charge on any atom is 0.308 e. The minimum absolute atomic E-state index is 0.0180. The van der Waals surface area contributed by atoms with Crippen LogP contribution in [0.4, 0.5) is 0 Å². The molecule has 1 aliphatic heterocycles. The van der Waals surface area contributed by atoms with Gasteiger partial charge in [0.1, 0.15) is 0 Å². The second kappa shape index (κ2) is 6.01. The van der Waals surface area contributed by atoms with Crippen LogP contribution in [0.3, 0.4) is 0 Å². The van der Waals surface area contributed by atoms with E-state index in [1.165, 1.54) is 0 Å². The first-order chi connectivity index (χ1) is 10.6. The van der Waals surface area contributed by atoms with Crippen LogP contribution in [0.5, 0.6) is 0 Å². The standard InChI is InChI=1S/C16H17N3O3/c20-15(18-9-6-13(11-18)16(21)22)10-12-2-4-14(5-3-12)19-8-1-7-17-19/h1-5,7-8,13H,6,9-11H2,(H,21,22). The Balaban J connectivity index is 1.61. The van der Waals surface area contributed by atoms with E-state index in [-0.39, 0.29) is 5.91 Å². The molecule has 1 aromatic carbocycles. The molecular weight excluding hydrogens is 282 g/mol. The predicted octanol–water partition coefficient (Wildman–Crippen LogP) is 1.35. The van der Waals surface area contributed by atoms with Gasteiger partial charge in [-0.15, -0.1) is 0 Å². The summed E-state index contributed by atoms with van der Waals surface area (Å²) in [7, 11) is 0. The van der Waals surface area contributed by atoms with Crippen molar-refractivity contribution in [2.75, 3.05) is 13.1 Å². The zero-order chi connectivity index (χ0) is 15.5. The highest BCUT2D eigenvalue weighted by Gasteiger charge is 2.30. The summed E-state index contributed by atoms with van der Waals surface area (Å²) in [4.78, 5) is 24.8. The van der Waals surface area contributed by atoms with Crippen molar-refractivity contribution in [1.29, 1.82) is 0 Å². The van der Waals surface area contributed by atoms with Gasteiger partial charge in [-0.2, -0.15) is 5.10 Å². The molecule has 6 heteroatoms. The minimum atomic E-state index is -0.820. The molecular formula is C16H17N3O3. The number of benzene rings is 1. The van der Waals surface area contributed by atoms with E-state index in [9.17, 15) is 9.59 Å². The van der Waals surface area contributed by atoms with E-state index < -0.39 is 11.9 Å². The van der Waals surface area contributed by atoms with Gasteiger partial charge in [0, 0.05) is 25.5 Å². The van der Waals surface area contributed by atoms with Crippen molar-refractivity contribution in [3.63, 3.8) is 0 Å². The van der Waals surface area contributed by atoms with Crippen molar-refractivity contribution in [3.8, 4) is 5.69 Å². The Morgan fingerprint density at radius 2 is 2.05 bits per heavy atom. The van der Waals surface area contributed by atoms with E-state index in [1.54, 1.807) is 15.8 Å². The number of carboxylic acids is 1. The van der Waals surface area contributed by atoms with Crippen LogP contribution in [-0.2, 0) is 16.0 Å². The fourth-order valence-electron chi connectivity index (χ4n) is 2.66. The van der Waals surface area contributed by atoms with Crippen molar-refractivity contribution in [2.24, 2.45) is 5.92 Å². The third-order valence-corrected chi connectivity index (χ3v) is 3.95. The van der Waals surface area contributed by atoms with Gasteiger partial charge in [0.15, 0.2) is 0 Å². The van der Waals surface area contributed by atoms with Crippen LogP contribution in [0.1, 0.15) is 12.0 Å². The Morgan fingerprint density at radius 1 is 1.27 bits per heavy atom. The molecule has 2 aromatic rings. The molecule has 0 bridgehead atoms. The highest BCUT2D eigenvalue weighted by molar-refractivity contribution is 5.80. The lowest BCUT2D eigenvalue weighted by molar-refractivity contribution is -0.141. The summed E-state index contributed by atoms with van der Waals surface area (Å²) < 4.78 is 1.75. The van der Waals surface area contributed by atoms with E-state index in [0.29, 0.717) is 25.9 Å². The second-order valence-electron chi connectivity index (χ2n) is 5.46. The van der Waals surface area contributed by atoms with Crippen molar-refractivity contribution < 1.29 is 14.7 Å². The Morgan fingerprint density at radius 3 is 2.64 bits per heavy atom. The number of nitrogens with zero attached hydrogens (tertiary/aromatic N) is 3. The summed E-state index contributed by atoms with van der Waals surface area (Å²) in [5.74, 6) is -1.26. The molecule has 114 valence electrons. The highest BCUT2D eigenvalue weighted by atomic mass is 16.4. The van der Waals surface area contributed by atoms with Crippen molar-refractivity contribution in [1.82, 2.24) is 14.7 Å². The first-order valence-electron chi connectivity index (χ1n) is 7.23. The van der Waals surface area contributed by atoms with E-state index in [4.69, 9.17) is 5.11 Å². The molecule has 1 amide bonds. The number of carboxylic acid groups (broad SMARTS) is 1. The fraction of sp³-hybridized carbons (Fsp3) is 0.312. The van der Waals surface area contributed by atoms with E-state index >= 15 is 0 Å². The minimum Gasteiger partial charge on any atom is -0.481 e. The van der Waals surface area contributed by atoms with Crippen molar-refractivity contribution >= 4 is 11.9 Å². The Hall–Kier alpha value is -2.63. The van der Waals surface area contributed by atoms with Gasteiger partial charge in [-0.05, 0) is 30.2 Å². The quantitative estimate of drug-likeness (QED) is 0.924. The number of likely N-dealkylation sites (tertiary alicyclic amines) is 1. The molecule has 2 heterocycles. The molecule has 0 aliphatic carbocycles. The Bertz CT molecular complexity index is 664. The molecule has 1 saturated heterocycles. The van der Waals surface area contributed by atoms with Crippen LogP contribution in [0.25, 0.3) is 5.69 Å². The van der Waals surface area contributed by atoms with E-state index in [0.717, 1.165) is 11.3 Å². The lowest BCUT2D eigenvalue weighted by Gasteiger charge is -2.15. The molecule has 0 saturated carbocycles. The van der Waals surface area contributed by atoms with Crippen LogP contribution in [-0.4, -0.2) is 44.8 Å². The molecule has 0 radical (unpaired) electrons.